The fourth-order valence-corrected chi connectivity index (χ4v) is 3.97. The second kappa shape index (κ2) is 12.6. The van der Waals surface area contributed by atoms with Crippen LogP contribution < -0.4 is 16.4 Å². The molecule has 0 bridgehead atoms. The smallest absolute Gasteiger partial charge is 0.272 e. The van der Waals surface area contributed by atoms with E-state index in [4.69, 9.17) is 10.5 Å². The third-order valence-electron chi connectivity index (χ3n) is 5.77. The highest BCUT2D eigenvalue weighted by molar-refractivity contribution is 5.96. The van der Waals surface area contributed by atoms with Gasteiger partial charge in [0.15, 0.2) is 0 Å². The molecule has 2 atom stereocenters. The molecular weight excluding hydrogens is 422 g/mol. The van der Waals surface area contributed by atoms with Crippen molar-refractivity contribution in [2.45, 2.75) is 57.2 Å². The van der Waals surface area contributed by atoms with E-state index in [1.807, 2.05) is 30.3 Å². The van der Waals surface area contributed by atoms with Gasteiger partial charge in [-0.2, -0.15) is 0 Å². The molecule has 3 amide bonds. The molecule has 0 aliphatic heterocycles. The van der Waals surface area contributed by atoms with Gasteiger partial charge in [0.25, 0.3) is 5.91 Å². The van der Waals surface area contributed by atoms with Gasteiger partial charge in [-0.25, -0.2) is 4.98 Å². The quantitative estimate of drug-likeness (QED) is 0.474. The summed E-state index contributed by atoms with van der Waals surface area (Å²) in [7, 11) is 0. The Labute approximate surface area is 193 Å². The Morgan fingerprint density at radius 2 is 1.79 bits per heavy atom. The van der Waals surface area contributed by atoms with E-state index < -0.39 is 29.8 Å². The van der Waals surface area contributed by atoms with Crippen molar-refractivity contribution in [1.82, 2.24) is 20.6 Å². The van der Waals surface area contributed by atoms with Crippen molar-refractivity contribution in [3.05, 3.63) is 60.2 Å². The van der Waals surface area contributed by atoms with Crippen LogP contribution in [0.25, 0.3) is 0 Å². The fraction of sp³-hybridized carbons (Fsp3) is 0.458. The number of ether oxygens (including phenoxy) is 1. The van der Waals surface area contributed by atoms with Gasteiger partial charge in [0.05, 0.1) is 19.4 Å². The predicted octanol–water partition coefficient (Wildman–Crippen LogP) is 1.73. The SMILES string of the molecule is NC(=O)[C@H](COCc1ccccc1)NC(=O)[C@H](CC1CCCCC1)NC(=O)c1cnccn1. The molecule has 1 aliphatic carbocycles. The van der Waals surface area contributed by atoms with Crippen LogP contribution in [-0.2, 0) is 20.9 Å². The maximum absolute atomic E-state index is 13.1. The van der Waals surface area contributed by atoms with Crippen LogP contribution in [0.15, 0.2) is 48.9 Å². The number of hydrogen-bond donors (Lipinski definition) is 3. The van der Waals surface area contributed by atoms with Crippen molar-refractivity contribution in [3.8, 4) is 0 Å². The van der Waals surface area contributed by atoms with Gasteiger partial charge < -0.3 is 21.1 Å². The number of aromatic nitrogens is 2. The molecule has 1 heterocycles. The van der Waals surface area contributed by atoms with Gasteiger partial charge >= 0.3 is 0 Å². The van der Waals surface area contributed by atoms with E-state index in [9.17, 15) is 14.4 Å². The summed E-state index contributed by atoms with van der Waals surface area (Å²) in [6, 6.07) is 7.66. The van der Waals surface area contributed by atoms with Crippen molar-refractivity contribution in [2.75, 3.05) is 6.61 Å². The zero-order valence-electron chi connectivity index (χ0n) is 18.6. The molecule has 0 spiro atoms. The van der Waals surface area contributed by atoms with Gasteiger partial charge in [-0.15, -0.1) is 0 Å². The molecular formula is C24H31N5O4. The van der Waals surface area contributed by atoms with Crippen molar-refractivity contribution < 1.29 is 19.1 Å². The van der Waals surface area contributed by atoms with E-state index in [2.05, 4.69) is 20.6 Å². The minimum Gasteiger partial charge on any atom is -0.374 e. The van der Waals surface area contributed by atoms with Crippen LogP contribution in [0.1, 0.15) is 54.6 Å². The number of benzene rings is 1. The Balaban J connectivity index is 1.62. The Morgan fingerprint density at radius 1 is 1.03 bits per heavy atom. The Bertz CT molecular complexity index is 904. The molecule has 0 radical (unpaired) electrons. The lowest BCUT2D eigenvalue weighted by Gasteiger charge is -2.27. The van der Waals surface area contributed by atoms with E-state index in [1.165, 1.54) is 25.0 Å². The van der Waals surface area contributed by atoms with Crippen molar-refractivity contribution in [1.29, 1.82) is 0 Å². The first-order valence-corrected chi connectivity index (χ1v) is 11.3. The standard InChI is InChI=1S/C24H31N5O4/c25-22(30)21(16-33-15-18-9-5-2-6-10-18)29-23(31)19(13-17-7-3-1-4-8-17)28-24(32)20-14-26-11-12-27-20/h2,5-6,9-12,14,17,19,21H,1,3-4,7-8,13,15-16H2,(H2,25,30)(H,28,32)(H,29,31)/t19-,21-/m0/s1. The lowest BCUT2D eigenvalue weighted by molar-refractivity contribution is -0.130. The Hall–Kier alpha value is -3.33. The summed E-state index contributed by atoms with van der Waals surface area (Å²) in [5.74, 6) is -1.34. The predicted molar refractivity (Wildman–Crippen MR) is 122 cm³/mol. The lowest BCUT2D eigenvalue weighted by Crippen LogP contribution is -2.55. The van der Waals surface area contributed by atoms with Crippen molar-refractivity contribution in [2.24, 2.45) is 11.7 Å². The molecule has 1 aliphatic rings. The van der Waals surface area contributed by atoms with Gasteiger partial charge in [0, 0.05) is 12.4 Å². The summed E-state index contributed by atoms with van der Waals surface area (Å²) in [6.07, 6.45) is 10.1. The zero-order chi connectivity index (χ0) is 23.5. The van der Waals surface area contributed by atoms with E-state index >= 15 is 0 Å². The van der Waals surface area contributed by atoms with Crippen LogP contribution in [0, 0.1) is 5.92 Å². The van der Waals surface area contributed by atoms with Crippen LogP contribution >= 0.6 is 0 Å². The second-order valence-corrected chi connectivity index (χ2v) is 8.32. The molecule has 1 aromatic carbocycles. The number of nitrogens with one attached hydrogen (secondary N) is 2. The average molecular weight is 454 g/mol. The molecule has 9 heteroatoms. The highest BCUT2D eigenvalue weighted by atomic mass is 16.5. The topological polar surface area (TPSA) is 136 Å². The van der Waals surface area contributed by atoms with E-state index in [-0.39, 0.29) is 18.9 Å². The summed E-state index contributed by atoms with van der Waals surface area (Å²) in [6.45, 7) is 0.222. The van der Waals surface area contributed by atoms with Gasteiger partial charge in [-0.1, -0.05) is 62.4 Å². The molecule has 0 saturated heterocycles. The summed E-state index contributed by atoms with van der Waals surface area (Å²) in [5, 5.41) is 5.42. The number of primary amides is 1. The van der Waals surface area contributed by atoms with Gasteiger partial charge in [-0.3, -0.25) is 19.4 Å². The first-order chi connectivity index (χ1) is 16.0. The number of hydrogen-bond acceptors (Lipinski definition) is 6. The monoisotopic (exact) mass is 453 g/mol. The second-order valence-electron chi connectivity index (χ2n) is 8.32. The number of nitrogens with zero attached hydrogens (tertiary/aromatic N) is 2. The summed E-state index contributed by atoms with van der Waals surface area (Å²) in [4.78, 5) is 45.6. The number of rotatable bonds is 11. The van der Waals surface area contributed by atoms with Crippen LogP contribution in [0.2, 0.25) is 0 Å². The normalized spacial score (nSPS) is 15.9. The third-order valence-corrected chi connectivity index (χ3v) is 5.77. The summed E-state index contributed by atoms with van der Waals surface area (Å²) in [5.41, 5.74) is 6.57. The van der Waals surface area contributed by atoms with E-state index in [0.29, 0.717) is 12.3 Å². The zero-order valence-corrected chi connectivity index (χ0v) is 18.6. The molecule has 3 rings (SSSR count). The molecule has 9 nitrogen and oxygen atoms in total. The summed E-state index contributed by atoms with van der Waals surface area (Å²) >= 11 is 0. The fourth-order valence-electron chi connectivity index (χ4n) is 3.97. The maximum Gasteiger partial charge on any atom is 0.272 e. The van der Waals surface area contributed by atoms with Gasteiger partial charge in [0.1, 0.15) is 17.8 Å². The number of carbonyl (C=O) groups is 3. The Kier molecular flexibility index (Phi) is 9.31. The minimum atomic E-state index is -1.01. The van der Waals surface area contributed by atoms with E-state index in [1.54, 1.807) is 0 Å². The summed E-state index contributed by atoms with van der Waals surface area (Å²) < 4.78 is 5.60. The maximum atomic E-state index is 13.1. The molecule has 33 heavy (non-hydrogen) atoms. The van der Waals surface area contributed by atoms with Crippen LogP contribution in [0.5, 0.6) is 0 Å². The first kappa shape index (κ1) is 24.3. The molecule has 1 saturated carbocycles. The Morgan fingerprint density at radius 3 is 2.45 bits per heavy atom. The average Bonchev–Trinajstić information content (AvgIpc) is 2.84. The molecule has 1 aromatic heterocycles. The number of carbonyl (C=O) groups excluding carboxylic acids is 3. The van der Waals surface area contributed by atoms with E-state index in [0.717, 1.165) is 31.2 Å². The van der Waals surface area contributed by atoms with Gasteiger partial charge in [0.2, 0.25) is 11.8 Å². The van der Waals surface area contributed by atoms with Crippen molar-refractivity contribution in [3.63, 3.8) is 0 Å². The highest BCUT2D eigenvalue weighted by Crippen LogP contribution is 2.27. The molecule has 1 fully saturated rings. The van der Waals surface area contributed by atoms with Crippen molar-refractivity contribution >= 4 is 17.7 Å². The molecule has 0 unspecified atom stereocenters. The first-order valence-electron chi connectivity index (χ1n) is 11.3. The number of nitrogens with two attached hydrogens (primary N) is 1. The minimum absolute atomic E-state index is 0.0653. The van der Waals surface area contributed by atoms with Crippen LogP contribution in [-0.4, -0.2) is 46.4 Å². The number of amides is 3. The third kappa shape index (κ3) is 7.94. The lowest BCUT2D eigenvalue weighted by atomic mass is 9.84. The highest BCUT2D eigenvalue weighted by Gasteiger charge is 2.29. The largest absolute Gasteiger partial charge is 0.374 e. The van der Waals surface area contributed by atoms with Crippen LogP contribution in [0.3, 0.4) is 0 Å². The molecule has 176 valence electrons. The van der Waals surface area contributed by atoms with Crippen LogP contribution in [0.4, 0.5) is 0 Å². The molecule has 2 aromatic rings. The molecule has 4 N–H and O–H groups in total. The van der Waals surface area contributed by atoms with Gasteiger partial charge in [-0.05, 0) is 17.9 Å².